The third-order valence-corrected chi connectivity index (χ3v) is 21.6. The van der Waals surface area contributed by atoms with Crippen LogP contribution in [0.15, 0.2) is 28.4 Å². The number of rotatable bonds is 13. The summed E-state index contributed by atoms with van der Waals surface area (Å²) in [6, 6.07) is 3.83. The maximum absolute atomic E-state index is 13.5. The predicted molar refractivity (Wildman–Crippen MR) is 144 cm³/mol. The summed E-state index contributed by atoms with van der Waals surface area (Å²) in [6.45, 7) is 10.1. The Morgan fingerprint density at radius 3 is 2.00 bits per heavy atom. The fourth-order valence-corrected chi connectivity index (χ4v) is 19.3. The van der Waals surface area contributed by atoms with Crippen LogP contribution >= 0.6 is 0 Å². The van der Waals surface area contributed by atoms with E-state index in [4.69, 9.17) is 5.26 Å². The molecule has 1 aromatic rings. The maximum atomic E-state index is 13.5. The van der Waals surface area contributed by atoms with Gasteiger partial charge in [0.2, 0.25) is 0 Å². The average molecular weight is 626 g/mol. The number of alkyl halides is 3. The van der Waals surface area contributed by atoms with Crippen LogP contribution < -0.4 is 4.90 Å². The van der Waals surface area contributed by atoms with Gasteiger partial charge in [0.05, 0.1) is 0 Å². The van der Waals surface area contributed by atoms with Crippen LogP contribution in [0.25, 0.3) is 0 Å². The summed E-state index contributed by atoms with van der Waals surface area (Å²) < 4.78 is 46.8. The zero-order chi connectivity index (χ0) is 27.9. The quantitative estimate of drug-likeness (QED) is 0.164. The molecule has 1 aliphatic heterocycles. The Kier molecular flexibility index (Phi) is 11.1. The van der Waals surface area contributed by atoms with E-state index in [1.165, 1.54) is 49.6 Å². The molecule has 0 radical (unpaired) electrons. The summed E-state index contributed by atoms with van der Waals surface area (Å²) in [5, 5.41) is 9.08. The number of carbonyl (C=O) groups excluding carboxylic acids is 2. The summed E-state index contributed by atoms with van der Waals surface area (Å²) in [4.78, 5) is 28.9. The molecule has 1 heterocycles. The fourth-order valence-electron chi connectivity index (χ4n) is 4.99. The first kappa shape index (κ1) is 31.2. The number of carbonyl (C=O) groups is 2. The van der Waals surface area contributed by atoms with Crippen LogP contribution in [0.4, 0.5) is 23.7 Å². The Morgan fingerprint density at radius 1 is 1.00 bits per heavy atom. The van der Waals surface area contributed by atoms with Crippen molar-refractivity contribution in [2.75, 3.05) is 11.4 Å². The number of amides is 3. The van der Waals surface area contributed by atoms with E-state index in [1.54, 1.807) is 13.8 Å². The second-order valence-electron chi connectivity index (χ2n) is 10.5. The molecule has 0 unspecified atom stereocenters. The van der Waals surface area contributed by atoms with Gasteiger partial charge in [-0.1, -0.05) is 0 Å². The van der Waals surface area contributed by atoms with Gasteiger partial charge in [-0.2, -0.15) is 0 Å². The average Bonchev–Trinajstić information content (AvgIpc) is 3.02. The van der Waals surface area contributed by atoms with Gasteiger partial charge in [0, 0.05) is 0 Å². The minimum atomic E-state index is -4.78. The molecule has 0 aliphatic carbocycles. The zero-order valence-corrected chi connectivity index (χ0v) is 25.6. The molecule has 1 aromatic carbocycles. The molecule has 1 aliphatic rings. The second kappa shape index (κ2) is 13.2. The van der Waals surface area contributed by atoms with Crippen molar-refractivity contribution in [1.29, 1.82) is 5.26 Å². The number of unbranched alkanes of at least 4 members (excludes halogenated alkanes) is 3. The Bertz CT molecular complexity index is 1010. The van der Waals surface area contributed by atoms with Gasteiger partial charge in [-0.15, -0.1) is 0 Å². The summed E-state index contributed by atoms with van der Waals surface area (Å²) in [5.41, 5.74) is -3.10. The number of halogens is 3. The molecule has 9 heteroatoms. The molecule has 0 saturated carbocycles. The van der Waals surface area contributed by atoms with E-state index in [9.17, 15) is 22.8 Å². The van der Waals surface area contributed by atoms with Crippen molar-refractivity contribution in [2.24, 2.45) is 0 Å². The van der Waals surface area contributed by atoms with Crippen molar-refractivity contribution < 1.29 is 22.8 Å². The van der Waals surface area contributed by atoms with Gasteiger partial charge in [-0.05, 0) is 0 Å². The van der Waals surface area contributed by atoms with E-state index >= 15 is 0 Å². The number of benzene rings is 1. The fraction of sp³-hybridized carbons (Fsp3) is 0.607. The van der Waals surface area contributed by atoms with Crippen molar-refractivity contribution in [3.05, 3.63) is 39.5 Å². The normalized spacial score (nSPS) is 16.2. The molecule has 204 valence electrons. The van der Waals surface area contributed by atoms with Crippen LogP contribution in [0.5, 0.6) is 0 Å². The molecule has 2 rings (SSSR count). The van der Waals surface area contributed by atoms with Gasteiger partial charge in [0.1, 0.15) is 0 Å². The van der Waals surface area contributed by atoms with Gasteiger partial charge < -0.3 is 0 Å². The molecule has 0 aromatic heterocycles. The van der Waals surface area contributed by atoms with Gasteiger partial charge in [0.25, 0.3) is 0 Å². The summed E-state index contributed by atoms with van der Waals surface area (Å²) >= 11 is -2.60. The van der Waals surface area contributed by atoms with E-state index in [0.29, 0.717) is 6.07 Å². The Balaban J connectivity index is 2.37. The van der Waals surface area contributed by atoms with E-state index in [2.05, 4.69) is 24.9 Å². The minimum absolute atomic E-state index is 0.178. The predicted octanol–water partition coefficient (Wildman–Crippen LogP) is 8.07. The second-order valence-corrected chi connectivity index (χ2v) is 23.5. The summed E-state index contributed by atoms with van der Waals surface area (Å²) in [5.74, 6) is -0.582. The Hall–Kier alpha value is -2.02. The summed E-state index contributed by atoms with van der Waals surface area (Å²) in [6.07, 6.45) is 4.32. The Morgan fingerprint density at radius 2 is 1.54 bits per heavy atom. The van der Waals surface area contributed by atoms with Gasteiger partial charge >= 0.3 is 224 Å². The van der Waals surface area contributed by atoms with Gasteiger partial charge in [-0.3, -0.25) is 0 Å². The molecule has 0 bridgehead atoms. The SMILES string of the molecule is CCC[CH2][Sn](/[CH]=C/CN1C(=O)N(c2ccc(C#N)c(C(F)(F)F)c2)C(=O)C1(C)C)([CH2]CCC)[CH2]CCC. The number of nitrogens with zero attached hydrogens (tertiary/aromatic N) is 3. The van der Waals surface area contributed by atoms with Crippen LogP contribution in [0.2, 0.25) is 13.3 Å². The molecule has 0 spiro atoms. The van der Waals surface area contributed by atoms with Crippen LogP contribution in [0.1, 0.15) is 84.3 Å². The molecule has 0 N–H and O–H groups in total. The van der Waals surface area contributed by atoms with Crippen LogP contribution in [0, 0.1) is 11.3 Å². The standard InChI is InChI=1S/C16H13F3N3O2.3C4H9.Sn/c1-4-7-21-14(24)22(13(23)15(21,2)3)11-6-5-10(9-20)12(8-11)16(17,18)19;3*1-3-4-2;/h1,4-6,8H,7H2,2-3H3;3*1,3-4H2,2H3;. The van der Waals surface area contributed by atoms with Crippen molar-refractivity contribution in [1.82, 2.24) is 4.90 Å². The van der Waals surface area contributed by atoms with E-state index in [0.717, 1.165) is 30.2 Å². The number of imide groups is 1. The van der Waals surface area contributed by atoms with E-state index < -0.39 is 53.2 Å². The number of hydrogen-bond donors (Lipinski definition) is 0. The third kappa shape index (κ3) is 7.30. The molecule has 5 nitrogen and oxygen atoms in total. The first-order chi connectivity index (χ1) is 17.4. The first-order valence-corrected chi connectivity index (χ1v) is 21.0. The molecule has 3 amide bonds. The van der Waals surface area contributed by atoms with Crippen molar-refractivity contribution >= 4 is 36.0 Å². The first-order valence-electron chi connectivity index (χ1n) is 13.3. The van der Waals surface area contributed by atoms with Crippen molar-refractivity contribution in [3.63, 3.8) is 0 Å². The van der Waals surface area contributed by atoms with Crippen LogP contribution in [0.3, 0.4) is 0 Å². The molecule has 37 heavy (non-hydrogen) atoms. The number of nitriles is 1. The number of anilines is 1. The van der Waals surface area contributed by atoms with Crippen LogP contribution in [-0.4, -0.2) is 47.3 Å². The van der Waals surface area contributed by atoms with Gasteiger partial charge in [0.15, 0.2) is 0 Å². The third-order valence-electron chi connectivity index (χ3n) is 7.35. The summed E-state index contributed by atoms with van der Waals surface area (Å²) in [7, 11) is 0. The Labute approximate surface area is 223 Å². The van der Waals surface area contributed by atoms with Gasteiger partial charge in [-0.25, -0.2) is 0 Å². The van der Waals surface area contributed by atoms with Crippen molar-refractivity contribution in [2.45, 2.75) is 98.2 Å². The molecular formula is C28H40F3N3O2Sn. The molecule has 0 atom stereocenters. The molecule has 1 fully saturated rings. The number of urea groups is 1. The monoisotopic (exact) mass is 627 g/mol. The zero-order valence-electron chi connectivity index (χ0n) is 22.7. The number of hydrogen-bond acceptors (Lipinski definition) is 3. The molecule has 1 saturated heterocycles. The van der Waals surface area contributed by atoms with Crippen LogP contribution in [-0.2, 0) is 11.0 Å². The van der Waals surface area contributed by atoms with E-state index in [-0.39, 0.29) is 12.2 Å². The topological polar surface area (TPSA) is 64.4 Å². The van der Waals surface area contributed by atoms with E-state index in [1.807, 2.05) is 6.08 Å². The van der Waals surface area contributed by atoms with Crippen molar-refractivity contribution in [3.8, 4) is 6.07 Å². The molecular weight excluding hydrogens is 586 g/mol.